The van der Waals surface area contributed by atoms with Crippen LogP contribution in [-0.4, -0.2) is 23.5 Å². The molecule has 1 saturated carbocycles. The lowest BCUT2D eigenvalue weighted by Gasteiger charge is -2.10. The molecule has 2 N–H and O–H groups in total. The zero-order chi connectivity index (χ0) is 11.8. The van der Waals surface area contributed by atoms with Gasteiger partial charge in [0.1, 0.15) is 0 Å². The van der Waals surface area contributed by atoms with Crippen molar-refractivity contribution in [3.8, 4) is 0 Å². The number of hydrogen-bond acceptors (Lipinski definition) is 3. The molecule has 6 heteroatoms. The summed E-state index contributed by atoms with van der Waals surface area (Å²) >= 11 is 4.70. The number of carboxylic acids is 1. The molecular weight excluding hydrogens is 294 g/mol. The topological polar surface area (TPSA) is 66.4 Å². The number of carbonyl (C=O) groups is 2. The summed E-state index contributed by atoms with van der Waals surface area (Å²) in [6.45, 7) is 0.217. The molecule has 2 rings (SSSR count). The van der Waals surface area contributed by atoms with E-state index in [9.17, 15) is 9.59 Å². The lowest BCUT2D eigenvalue weighted by molar-refractivity contribution is -0.143. The highest BCUT2D eigenvalue weighted by molar-refractivity contribution is 9.11. The van der Waals surface area contributed by atoms with Crippen molar-refractivity contribution in [2.45, 2.75) is 12.8 Å². The van der Waals surface area contributed by atoms with Gasteiger partial charge in [0, 0.05) is 11.9 Å². The van der Waals surface area contributed by atoms with E-state index in [0.29, 0.717) is 18.4 Å². The van der Waals surface area contributed by atoms with Gasteiger partial charge in [0.15, 0.2) is 0 Å². The zero-order valence-electron chi connectivity index (χ0n) is 8.33. The Hall–Kier alpha value is -0.880. The van der Waals surface area contributed by atoms with Gasteiger partial charge in [-0.25, -0.2) is 0 Å². The van der Waals surface area contributed by atoms with Crippen LogP contribution in [0.25, 0.3) is 0 Å². The molecule has 0 aromatic carbocycles. The summed E-state index contributed by atoms with van der Waals surface area (Å²) in [5.74, 6) is -1.03. The molecule has 1 fully saturated rings. The second-order valence-corrected chi connectivity index (χ2v) is 6.20. The Bertz CT molecular complexity index is 439. The molecule has 0 radical (unpaired) electrons. The molecule has 0 bridgehead atoms. The minimum absolute atomic E-state index is 0.213. The lowest BCUT2D eigenvalue weighted by atomic mass is 10.1. The fraction of sp³-hybridized carbons (Fsp3) is 0.400. The van der Waals surface area contributed by atoms with Crippen LogP contribution in [0.3, 0.4) is 0 Å². The van der Waals surface area contributed by atoms with E-state index < -0.39 is 11.4 Å². The maximum atomic E-state index is 11.6. The van der Waals surface area contributed by atoms with Crippen molar-refractivity contribution >= 4 is 39.1 Å². The molecule has 4 nitrogen and oxygen atoms in total. The maximum absolute atomic E-state index is 11.6. The Kier molecular flexibility index (Phi) is 3.03. The van der Waals surface area contributed by atoms with Gasteiger partial charge in [0.25, 0.3) is 5.91 Å². The molecule has 16 heavy (non-hydrogen) atoms. The number of carboxylic acid groups (broad SMARTS) is 1. The van der Waals surface area contributed by atoms with Crippen LogP contribution >= 0.6 is 27.3 Å². The third kappa shape index (κ3) is 2.27. The SMILES string of the molecule is O=C(NCC1(C(=O)O)CC1)c1csc(Br)c1. The number of carbonyl (C=O) groups excluding carboxylic acids is 1. The van der Waals surface area contributed by atoms with Gasteiger partial charge in [-0.05, 0) is 34.8 Å². The number of nitrogens with one attached hydrogen (secondary N) is 1. The first-order valence-electron chi connectivity index (χ1n) is 4.79. The molecule has 86 valence electrons. The van der Waals surface area contributed by atoms with E-state index in [1.54, 1.807) is 11.4 Å². The highest BCUT2D eigenvalue weighted by atomic mass is 79.9. The summed E-state index contributed by atoms with van der Waals surface area (Å²) in [6.07, 6.45) is 1.30. The molecule has 0 saturated heterocycles. The van der Waals surface area contributed by atoms with E-state index in [1.807, 2.05) is 0 Å². The predicted octanol–water partition coefficient (Wildman–Crippen LogP) is 2.11. The second-order valence-electron chi connectivity index (χ2n) is 3.91. The van der Waals surface area contributed by atoms with Gasteiger partial charge in [-0.3, -0.25) is 9.59 Å². The molecule has 1 aliphatic carbocycles. The Labute approximate surface area is 105 Å². The Morgan fingerprint density at radius 2 is 2.25 bits per heavy atom. The first-order chi connectivity index (χ1) is 7.53. The third-order valence-corrected chi connectivity index (χ3v) is 4.23. The number of aliphatic carboxylic acids is 1. The first kappa shape index (κ1) is 11.6. The van der Waals surface area contributed by atoms with Gasteiger partial charge in [0.2, 0.25) is 0 Å². The van der Waals surface area contributed by atoms with Crippen molar-refractivity contribution in [1.29, 1.82) is 0 Å². The molecule has 0 atom stereocenters. The van der Waals surface area contributed by atoms with E-state index in [0.717, 1.165) is 3.79 Å². The van der Waals surface area contributed by atoms with Crippen molar-refractivity contribution < 1.29 is 14.7 Å². The van der Waals surface area contributed by atoms with Crippen LogP contribution in [0.1, 0.15) is 23.2 Å². The average Bonchev–Trinajstić information content (AvgIpc) is 2.92. The summed E-state index contributed by atoms with van der Waals surface area (Å²) in [4.78, 5) is 22.5. The largest absolute Gasteiger partial charge is 0.481 e. The van der Waals surface area contributed by atoms with Crippen LogP contribution in [-0.2, 0) is 4.79 Å². The number of halogens is 1. The van der Waals surface area contributed by atoms with Crippen molar-refractivity contribution in [3.63, 3.8) is 0 Å². The Balaban J connectivity index is 1.92. The molecular formula is C10H10BrNO3S. The number of rotatable bonds is 4. The minimum Gasteiger partial charge on any atom is -0.481 e. The average molecular weight is 304 g/mol. The standard InChI is InChI=1S/C10H10BrNO3S/c11-7-3-6(4-16-7)8(13)12-5-10(1-2-10)9(14)15/h3-4H,1-2,5H2,(H,12,13)(H,14,15). The van der Waals surface area contributed by atoms with Crippen LogP contribution in [0, 0.1) is 5.41 Å². The van der Waals surface area contributed by atoms with E-state index in [1.165, 1.54) is 11.3 Å². The van der Waals surface area contributed by atoms with Gasteiger partial charge in [-0.15, -0.1) is 11.3 Å². The van der Waals surface area contributed by atoms with Crippen molar-refractivity contribution in [2.75, 3.05) is 6.54 Å². The van der Waals surface area contributed by atoms with E-state index in [-0.39, 0.29) is 12.5 Å². The van der Waals surface area contributed by atoms with Crippen LogP contribution in [0.5, 0.6) is 0 Å². The summed E-state index contributed by atoms with van der Waals surface area (Å²) in [6, 6.07) is 1.72. The first-order valence-corrected chi connectivity index (χ1v) is 6.46. The molecule has 0 aliphatic heterocycles. The van der Waals surface area contributed by atoms with Gasteiger partial charge in [0.05, 0.1) is 14.8 Å². The highest BCUT2D eigenvalue weighted by Gasteiger charge is 2.50. The Morgan fingerprint density at radius 3 is 2.69 bits per heavy atom. The number of hydrogen-bond donors (Lipinski definition) is 2. The summed E-state index contributed by atoms with van der Waals surface area (Å²) in [7, 11) is 0. The zero-order valence-corrected chi connectivity index (χ0v) is 10.7. The van der Waals surface area contributed by atoms with Crippen LogP contribution in [0.4, 0.5) is 0 Å². The fourth-order valence-corrected chi connectivity index (χ4v) is 2.53. The highest BCUT2D eigenvalue weighted by Crippen LogP contribution is 2.45. The van der Waals surface area contributed by atoms with Crippen LogP contribution < -0.4 is 5.32 Å². The van der Waals surface area contributed by atoms with Crippen molar-refractivity contribution in [3.05, 3.63) is 20.8 Å². The second kappa shape index (κ2) is 4.18. The van der Waals surface area contributed by atoms with E-state index in [4.69, 9.17) is 5.11 Å². The predicted molar refractivity (Wildman–Crippen MR) is 63.7 cm³/mol. The van der Waals surface area contributed by atoms with Gasteiger partial charge >= 0.3 is 5.97 Å². The van der Waals surface area contributed by atoms with Crippen LogP contribution in [0.15, 0.2) is 15.2 Å². The molecule has 1 heterocycles. The fourth-order valence-electron chi connectivity index (χ4n) is 1.40. The molecule has 1 aromatic heterocycles. The quantitative estimate of drug-likeness (QED) is 0.895. The molecule has 0 spiro atoms. The van der Waals surface area contributed by atoms with Gasteiger partial charge in [-0.1, -0.05) is 0 Å². The molecule has 0 unspecified atom stereocenters. The monoisotopic (exact) mass is 303 g/mol. The number of amides is 1. The van der Waals surface area contributed by atoms with Crippen LogP contribution in [0.2, 0.25) is 0 Å². The summed E-state index contributed by atoms with van der Waals surface area (Å²) in [5, 5.41) is 13.3. The maximum Gasteiger partial charge on any atom is 0.311 e. The van der Waals surface area contributed by atoms with Crippen molar-refractivity contribution in [1.82, 2.24) is 5.32 Å². The number of thiophene rings is 1. The minimum atomic E-state index is -0.820. The normalized spacial score (nSPS) is 16.8. The molecule has 1 aliphatic rings. The summed E-state index contributed by atoms with van der Waals surface area (Å²) < 4.78 is 0.886. The summed E-state index contributed by atoms with van der Waals surface area (Å²) in [5.41, 5.74) is -0.138. The van der Waals surface area contributed by atoms with E-state index >= 15 is 0 Å². The van der Waals surface area contributed by atoms with Gasteiger partial charge < -0.3 is 10.4 Å². The lowest BCUT2D eigenvalue weighted by Crippen LogP contribution is -2.33. The third-order valence-electron chi connectivity index (χ3n) is 2.72. The Morgan fingerprint density at radius 1 is 1.56 bits per heavy atom. The van der Waals surface area contributed by atoms with E-state index in [2.05, 4.69) is 21.2 Å². The van der Waals surface area contributed by atoms with Gasteiger partial charge in [-0.2, -0.15) is 0 Å². The smallest absolute Gasteiger partial charge is 0.311 e. The van der Waals surface area contributed by atoms with Crippen molar-refractivity contribution in [2.24, 2.45) is 5.41 Å². The molecule has 1 amide bonds. The molecule has 1 aromatic rings.